The number of hydrogen-bond acceptors (Lipinski definition) is 8. The molecule has 1 aliphatic rings. The van der Waals surface area contributed by atoms with Crippen LogP contribution in [0.2, 0.25) is 0 Å². The number of nitrogens with zero attached hydrogens (tertiary/aromatic N) is 2. The van der Waals surface area contributed by atoms with E-state index in [-0.39, 0.29) is 46.0 Å². The summed E-state index contributed by atoms with van der Waals surface area (Å²) in [6.45, 7) is 11.1. The predicted octanol–water partition coefficient (Wildman–Crippen LogP) is 5.80. The molecule has 0 unspecified atom stereocenters. The zero-order chi connectivity index (χ0) is 26.3. The number of methoxy groups -OCH3 is 3. The van der Waals surface area contributed by atoms with Crippen LogP contribution in [0.5, 0.6) is 29.5 Å². The number of carbonyl (C=O) groups excluding carboxylic acids is 1. The molecule has 4 rings (SSSR count). The molecule has 3 aromatic rings. The fourth-order valence-corrected chi connectivity index (χ4v) is 4.49. The third-order valence-corrected chi connectivity index (χ3v) is 6.79. The lowest BCUT2D eigenvalue weighted by Gasteiger charge is -2.42. The van der Waals surface area contributed by atoms with E-state index in [0.717, 1.165) is 18.4 Å². The zero-order valence-electron chi connectivity index (χ0n) is 22.1. The van der Waals surface area contributed by atoms with E-state index in [1.165, 1.54) is 38.5 Å². The van der Waals surface area contributed by atoms with E-state index < -0.39 is 5.91 Å². The van der Waals surface area contributed by atoms with Gasteiger partial charge in [-0.3, -0.25) is 4.79 Å². The standard InChI is InChI=1S/C27H33N3O6/c1-15-13-16-17(27(4,5)12-11-26(16,2)3)14-19(15)36-20-10-9-18(35-20)22(31)28-21-23(32-6)29-25(34-8)30-24(21)33-7/h9-10,13-14H,11-12H2,1-8H3,(H,28,31). The number of amides is 1. The van der Waals surface area contributed by atoms with Gasteiger partial charge in [-0.15, -0.1) is 0 Å². The van der Waals surface area contributed by atoms with Gasteiger partial charge < -0.3 is 28.7 Å². The van der Waals surface area contributed by atoms with Crippen molar-refractivity contribution >= 4 is 11.6 Å². The van der Waals surface area contributed by atoms with Crippen LogP contribution in [-0.4, -0.2) is 37.2 Å². The summed E-state index contributed by atoms with van der Waals surface area (Å²) in [4.78, 5) is 21.1. The molecule has 9 heteroatoms. The summed E-state index contributed by atoms with van der Waals surface area (Å²) in [5, 5.41) is 2.68. The van der Waals surface area contributed by atoms with Crippen LogP contribution in [0.25, 0.3) is 0 Å². The van der Waals surface area contributed by atoms with E-state index in [1.54, 1.807) is 6.07 Å². The lowest BCUT2D eigenvalue weighted by Crippen LogP contribution is -2.33. The molecule has 0 bridgehead atoms. The Labute approximate surface area is 211 Å². The molecule has 0 saturated heterocycles. The van der Waals surface area contributed by atoms with Gasteiger partial charge in [0, 0.05) is 6.07 Å². The molecule has 0 radical (unpaired) electrons. The van der Waals surface area contributed by atoms with E-state index in [9.17, 15) is 4.79 Å². The van der Waals surface area contributed by atoms with Crippen LogP contribution < -0.4 is 24.3 Å². The van der Waals surface area contributed by atoms with Gasteiger partial charge in [0.15, 0.2) is 11.4 Å². The van der Waals surface area contributed by atoms with E-state index >= 15 is 0 Å². The Balaban J connectivity index is 1.58. The predicted molar refractivity (Wildman–Crippen MR) is 135 cm³/mol. The number of rotatable bonds is 7. The summed E-state index contributed by atoms with van der Waals surface area (Å²) in [6.07, 6.45) is 2.24. The first-order valence-electron chi connectivity index (χ1n) is 11.8. The number of nitrogens with one attached hydrogen (secondary N) is 1. The monoisotopic (exact) mass is 495 g/mol. The van der Waals surface area contributed by atoms with Gasteiger partial charge in [0.1, 0.15) is 5.75 Å². The molecule has 2 heterocycles. The average molecular weight is 496 g/mol. The highest BCUT2D eigenvalue weighted by atomic mass is 16.6. The first-order chi connectivity index (χ1) is 17.0. The smallest absolute Gasteiger partial charge is 0.322 e. The number of aromatic nitrogens is 2. The van der Waals surface area contributed by atoms with Crippen molar-refractivity contribution < 1.29 is 28.2 Å². The lowest BCUT2D eigenvalue weighted by molar-refractivity contribution is 0.0990. The fourth-order valence-electron chi connectivity index (χ4n) is 4.49. The number of aryl methyl sites for hydroxylation is 1. The van der Waals surface area contributed by atoms with Crippen molar-refractivity contribution in [2.75, 3.05) is 26.6 Å². The van der Waals surface area contributed by atoms with Crippen LogP contribution in [0.4, 0.5) is 5.69 Å². The van der Waals surface area contributed by atoms with Crippen molar-refractivity contribution in [1.82, 2.24) is 9.97 Å². The van der Waals surface area contributed by atoms with Crippen LogP contribution in [0, 0.1) is 6.92 Å². The SMILES string of the molecule is COc1nc(OC)c(NC(=O)c2ccc(Oc3cc4c(cc3C)C(C)(C)CCC4(C)C)o2)c(OC)n1. The van der Waals surface area contributed by atoms with Crippen LogP contribution >= 0.6 is 0 Å². The molecule has 0 fully saturated rings. The van der Waals surface area contributed by atoms with Gasteiger partial charge in [0.25, 0.3) is 11.9 Å². The van der Waals surface area contributed by atoms with Gasteiger partial charge in [-0.2, -0.15) is 9.97 Å². The van der Waals surface area contributed by atoms with Crippen LogP contribution in [0.15, 0.2) is 28.7 Å². The molecule has 36 heavy (non-hydrogen) atoms. The molecule has 0 aliphatic heterocycles. The van der Waals surface area contributed by atoms with Gasteiger partial charge in [0.05, 0.1) is 21.3 Å². The Bertz CT molecular complexity index is 1270. The Hall–Kier alpha value is -3.75. The molecule has 1 aromatic carbocycles. The minimum Gasteiger partial charge on any atom is -0.479 e. The zero-order valence-corrected chi connectivity index (χ0v) is 22.1. The number of fused-ring (bicyclic) bond motifs is 1. The summed E-state index contributed by atoms with van der Waals surface area (Å²) in [5.74, 6) is 0.589. The molecule has 1 aliphatic carbocycles. The Kier molecular flexibility index (Phi) is 6.60. The van der Waals surface area contributed by atoms with Crippen LogP contribution in [0.3, 0.4) is 0 Å². The third-order valence-electron chi connectivity index (χ3n) is 6.79. The van der Waals surface area contributed by atoms with Gasteiger partial charge in [0.2, 0.25) is 11.8 Å². The number of ether oxygens (including phenoxy) is 4. The molecule has 1 N–H and O–H groups in total. The van der Waals surface area contributed by atoms with Crippen molar-refractivity contribution in [3.05, 3.63) is 46.7 Å². The van der Waals surface area contributed by atoms with Crippen LogP contribution in [-0.2, 0) is 10.8 Å². The summed E-state index contributed by atoms with van der Waals surface area (Å²) in [5.41, 5.74) is 3.95. The van der Waals surface area contributed by atoms with E-state index in [0.29, 0.717) is 5.75 Å². The second-order valence-electron chi connectivity index (χ2n) is 10.2. The quantitative estimate of drug-likeness (QED) is 0.439. The maximum absolute atomic E-state index is 12.9. The third kappa shape index (κ3) is 4.69. The molecule has 0 spiro atoms. The number of furan rings is 1. The highest BCUT2D eigenvalue weighted by Gasteiger charge is 2.37. The van der Waals surface area contributed by atoms with Gasteiger partial charge in [-0.25, -0.2) is 0 Å². The molecule has 192 valence electrons. The van der Waals surface area contributed by atoms with Gasteiger partial charge in [-0.1, -0.05) is 33.8 Å². The topological polar surface area (TPSA) is 105 Å². The summed E-state index contributed by atoms with van der Waals surface area (Å²) >= 11 is 0. The molecular weight excluding hydrogens is 462 g/mol. The molecule has 1 amide bonds. The number of benzene rings is 1. The Morgan fingerprint density at radius 2 is 1.50 bits per heavy atom. The largest absolute Gasteiger partial charge is 0.479 e. The molecule has 9 nitrogen and oxygen atoms in total. The minimum absolute atomic E-state index is 0.0435. The Morgan fingerprint density at radius 1 is 0.917 bits per heavy atom. The molecule has 0 atom stereocenters. The van der Waals surface area contributed by atoms with Gasteiger partial charge in [-0.05, 0) is 59.4 Å². The Morgan fingerprint density at radius 3 is 2.06 bits per heavy atom. The molecule has 2 aromatic heterocycles. The maximum atomic E-state index is 12.9. The van der Waals surface area contributed by atoms with Crippen molar-refractivity contribution in [3.63, 3.8) is 0 Å². The van der Waals surface area contributed by atoms with Gasteiger partial charge >= 0.3 is 6.01 Å². The highest BCUT2D eigenvalue weighted by molar-refractivity contribution is 6.03. The second kappa shape index (κ2) is 9.37. The lowest BCUT2D eigenvalue weighted by atomic mass is 9.63. The van der Waals surface area contributed by atoms with Crippen molar-refractivity contribution in [2.45, 2.75) is 58.3 Å². The first kappa shape index (κ1) is 25.3. The number of carbonyl (C=O) groups is 1. The van der Waals surface area contributed by atoms with Crippen molar-refractivity contribution in [3.8, 4) is 29.5 Å². The molecule has 0 saturated carbocycles. The van der Waals surface area contributed by atoms with Crippen molar-refractivity contribution in [2.24, 2.45) is 0 Å². The molecular formula is C27H33N3O6. The minimum atomic E-state index is -0.541. The van der Waals surface area contributed by atoms with Crippen LogP contribution in [0.1, 0.15) is 67.8 Å². The number of anilines is 1. The van der Waals surface area contributed by atoms with E-state index in [1.807, 2.05) is 6.92 Å². The van der Waals surface area contributed by atoms with E-state index in [2.05, 4.69) is 55.1 Å². The normalized spacial score (nSPS) is 15.6. The fraction of sp³-hybridized carbons (Fsp3) is 0.444. The average Bonchev–Trinajstić information content (AvgIpc) is 3.31. The summed E-state index contributed by atoms with van der Waals surface area (Å²) < 4.78 is 27.4. The highest BCUT2D eigenvalue weighted by Crippen LogP contribution is 2.48. The second-order valence-corrected chi connectivity index (χ2v) is 10.2. The maximum Gasteiger partial charge on any atom is 0.322 e. The first-order valence-corrected chi connectivity index (χ1v) is 11.8. The summed E-state index contributed by atoms with van der Waals surface area (Å²) in [6, 6.07) is 7.52. The van der Waals surface area contributed by atoms with Crippen molar-refractivity contribution in [1.29, 1.82) is 0 Å². The number of hydrogen-bond donors (Lipinski definition) is 1. The van der Waals surface area contributed by atoms with E-state index in [4.69, 9.17) is 23.4 Å². The summed E-state index contributed by atoms with van der Waals surface area (Å²) in [7, 11) is 4.25.